The number of nitrogens with zero attached hydrogens (tertiary/aromatic N) is 4. The van der Waals surface area contributed by atoms with Gasteiger partial charge in [0, 0.05) is 56.6 Å². The predicted octanol–water partition coefficient (Wildman–Crippen LogP) is 1.78. The van der Waals surface area contributed by atoms with Crippen LogP contribution in [0.25, 0.3) is 0 Å². The van der Waals surface area contributed by atoms with E-state index in [1.54, 1.807) is 0 Å². The molecule has 1 saturated heterocycles. The molecule has 0 spiro atoms. The minimum Gasteiger partial charge on any atom is -0.369 e. The standard InChI is InChI=1S/C22H29N5O4/c1-17-4-3-5-19(14-17)25-12-10-24(11-13-25)9-8-18(2)23-21(28)16-26-15-20(27(30)31)6-7-22(26)29/h3-7,14-15,18H,8-13,16H2,1-2H3,(H,23,28). The van der Waals surface area contributed by atoms with Crippen molar-refractivity contribution in [3.8, 4) is 0 Å². The number of anilines is 1. The average Bonchev–Trinajstić information content (AvgIpc) is 2.74. The maximum atomic E-state index is 12.3. The van der Waals surface area contributed by atoms with Gasteiger partial charge in [0.05, 0.1) is 11.1 Å². The van der Waals surface area contributed by atoms with Crippen molar-refractivity contribution < 1.29 is 9.72 Å². The molecule has 0 saturated carbocycles. The Morgan fingerprint density at radius 2 is 1.94 bits per heavy atom. The summed E-state index contributed by atoms with van der Waals surface area (Å²) in [5.74, 6) is -0.334. The highest BCUT2D eigenvalue weighted by Gasteiger charge is 2.18. The molecule has 1 aromatic heterocycles. The van der Waals surface area contributed by atoms with Crippen molar-refractivity contribution in [1.82, 2.24) is 14.8 Å². The van der Waals surface area contributed by atoms with E-state index in [0.29, 0.717) is 0 Å². The summed E-state index contributed by atoms with van der Waals surface area (Å²) in [6.07, 6.45) is 1.89. The number of piperazine rings is 1. The highest BCUT2D eigenvalue weighted by molar-refractivity contribution is 5.76. The lowest BCUT2D eigenvalue weighted by Crippen LogP contribution is -2.47. The first-order valence-electron chi connectivity index (χ1n) is 10.5. The number of nitrogens with one attached hydrogen (secondary N) is 1. The molecule has 9 heteroatoms. The van der Waals surface area contributed by atoms with E-state index < -0.39 is 10.5 Å². The first-order valence-corrected chi connectivity index (χ1v) is 10.5. The molecule has 2 aromatic rings. The van der Waals surface area contributed by atoms with Crippen LogP contribution in [0.2, 0.25) is 0 Å². The Labute approximate surface area is 181 Å². The fourth-order valence-corrected chi connectivity index (χ4v) is 3.73. The first kappa shape index (κ1) is 22.5. The molecule has 9 nitrogen and oxygen atoms in total. The molecule has 0 bridgehead atoms. The largest absolute Gasteiger partial charge is 0.369 e. The van der Waals surface area contributed by atoms with Crippen molar-refractivity contribution in [2.75, 3.05) is 37.6 Å². The summed E-state index contributed by atoms with van der Waals surface area (Å²) < 4.78 is 1.06. The van der Waals surface area contributed by atoms with Gasteiger partial charge in [-0.1, -0.05) is 12.1 Å². The Morgan fingerprint density at radius 3 is 2.61 bits per heavy atom. The predicted molar refractivity (Wildman–Crippen MR) is 119 cm³/mol. The van der Waals surface area contributed by atoms with E-state index in [-0.39, 0.29) is 24.2 Å². The number of nitro groups is 1. The molecule has 1 aliphatic rings. The molecule has 1 aromatic carbocycles. The topological polar surface area (TPSA) is 101 Å². The van der Waals surface area contributed by atoms with Gasteiger partial charge in [0.2, 0.25) is 5.91 Å². The third-order valence-corrected chi connectivity index (χ3v) is 5.52. The number of amides is 1. The van der Waals surface area contributed by atoms with E-state index >= 15 is 0 Å². The van der Waals surface area contributed by atoms with E-state index in [1.165, 1.54) is 11.3 Å². The van der Waals surface area contributed by atoms with Gasteiger partial charge in [0.1, 0.15) is 6.54 Å². The minimum atomic E-state index is -0.588. The van der Waals surface area contributed by atoms with Crippen LogP contribution in [0.5, 0.6) is 0 Å². The number of hydrogen-bond donors (Lipinski definition) is 1. The fourth-order valence-electron chi connectivity index (χ4n) is 3.73. The molecular formula is C22H29N5O4. The molecule has 1 atom stereocenters. The Bertz CT molecular complexity index is 982. The molecular weight excluding hydrogens is 398 g/mol. The quantitative estimate of drug-likeness (QED) is 0.509. The van der Waals surface area contributed by atoms with Crippen molar-refractivity contribution >= 4 is 17.3 Å². The number of benzene rings is 1. The normalized spacial score (nSPS) is 15.5. The van der Waals surface area contributed by atoms with Gasteiger partial charge in [-0.15, -0.1) is 0 Å². The van der Waals surface area contributed by atoms with Gasteiger partial charge in [-0.05, 0) is 38.0 Å². The maximum Gasteiger partial charge on any atom is 0.285 e. The molecule has 166 valence electrons. The van der Waals surface area contributed by atoms with Crippen molar-refractivity contribution in [3.05, 3.63) is 68.6 Å². The monoisotopic (exact) mass is 427 g/mol. The molecule has 1 amide bonds. The van der Waals surface area contributed by atoms with Gasteiger partial charge >= 0.3 is 0 Å². The highest BCUT2D eigenvalue weighted by Crippen LogP contribution is 2.18. The number of aryl methyl sites for hydroxylation is 1. The molecule has 1 fully saturated rings. The molecule has 0 radical (unpaired) electrons. The van der Waals surface area contributed by atoms with E-state index in [9.17, 15) is 19.7 Å². The van der Waals surface area contributed by atoms with Gasteiger partial charge < -0.3 is 10.2 Å². The van der Waals surface area contributed by atoms with Crippen LogP contribution in [0, 0.1) is 17.0 Å². The van der Waals surface area contributed by atoms with Crippen molar-refractivity contribution in [1.29, 1.82) is 0 Å². The number of aromatic nitrogens is 1. The van der Waals surface area contributed by atoms with Gasteiger partial charge in [-0.25, -0.2) is 0 Å². The summed E-state index contributed by atoms with van der Waals surface area (Å²) in [6, 6.07) is 10.7. The molecule has 1 N–H and O–H groups in total. The third-order valence-electron chi connectivity index (χ3n) is 5.52. The van der Waals surface area contributed by atoms with Crippen LogP contribution < -0.4 is 15.8 Å². The van der Waals surface area contributed by atoms with Gasteiger partial charge in [-0.3, -0.25) is 29.2 Å². The Balaban J connectivity index is 1.42. The van der Waals surface area contributed by atoms with Crippen LogP contribution in [0.4, 0.5) is 11.4 Å². The summed E-state index contributed by atoms with van der Waals surface area (Å²) in [6.45, 7) is 8.55. The molecule has 1 unspecified atom stereocenters. The van der Waals surface area contributed by atoms with Crippen LogP contribution in [0.1, 0.15) is 18.9 Å². The van der Waals surface area contributed by atoms with Crippen LogP contribution in [0.15, 0.2) is 47.4 Å². The second kappa shape index (κ2) is 10.2. The Kier molecular flexibility index (Phi) is 7.41. The van der Waals surface area contributed by atoms with E-state index in [1.807, 2.05) is 6.92 Å². The van der Waals surface area contributed by atoms with Crippen LogP contribution >= 0.6 is 0 Å². The summed E-state index contributed by atoms with van der Waals surface area (Å²) in [5.41, 5.74) is 1.86. The molecule has 1 aliphatic heterocycles. The lowest BCUT2D eigenvalue weighted by molar-refractivity contribution is -0.385. The minimum absolute atomic E-state index is 0.0586. The second-order valence-corrected chi connectivity index (χ2v) is 8.04. The van der Waals surface area contributed by atoms with Crippen LogP contribution in [-0.4, -0.2) is 59.1 Å². The van der Waals surface area contributed by atoms with Crippen molar-refractivity contribution in [2.24, 2.45) is 0 Å². The molecule has 31 heavy (non-hydrogen) atoms. The zero-order valence-corrected chi connectivity index (χ0v) is 18.0. The third kappa shape index (κ3) is 6.39. The van der Waals surface area contributed by atoms with E-state index in [2.05, 4.69) is 46.3 Å². The number of carbonyl (C=O) groups excluding carboxylic acids is 1. The summed E-state index contributed by atoms with van der Waals surface area (Å²) >= 11 is 0. The van der Waals surface area contributed by atoms with Crippen molar-refractivity contribution in [2.45, 2.75) is 32.9 Å². The number of rotatable bonds is 8. The van der Waals surface area contributed by atoms with Gasteiger partial charge in [-0.2, -0.15) is 0 Å². The first-order chi connectivity index (χ1) is 14.8. The maximum absolute atomic E-state index is 12.3. The zero-order valence-electron chi connectivity index (χ0n) is 18.0. The van der Waals surface area contributed by atoms with Gasteiger partial charge in [0.15, 0.2) is 0 Å². The average molecular weight is 428 g/mol. The lowest BCUT2D eigenvalue weighted by Gasteiger charge is -2.36. The van der Waals surface area contributed by atoms with Crippen LogP contribution in [-0.2, 0) is 11.3 Å². The molecule has 2 heterocycles. The zero-order chi connectivity index (χ0) is 22.4. The smallest absolute Gasteiger partial charge is 0.285 e. The SMILES string of the molecule is Cc1cccc(N2CCN(CCC(C)NC(=O)Cn3cc([N+](=O)[O-])ccc3=O)CC2)c1. The summed E-state index contributed by atoms with van der Waals surface area (Å²) in [4.78, 5) is 39.2. The number of hydrogen-bond acceptors (Lipinski definition) is 6. The van der Waals surface area contributed by atoms with E-state index in [4.69, 9.17) is 0 Å². The Morgan fingerprint density at radius 1 is 1.19 bits per heavy atom. The summed E-state index contributed by atoms with van der Waals surface area (Å²) in [7, 11) is 0. The van der Waals surface area contributed by atoms with Crippen LogP contribution in [0.3, 0.4) is 0 Å². The van der Waals surface area contributed by atoms with Crippen molar-refractivity contribution in [3.63, 3.8) is 0 Å². The van der Waals surface area contributed by atoms with E-state index in [0.717, 1.165) is 62.0 Å². The highest BCUT2D eigenvalue weighted by atomic mass is 16.6. The lowest BCUT2D eigenvalue weighted by atomic mass is 10.1. The summed E-state index contributed by atoms with van der Waals surface area (Å²) in [5, 5.41) is 13.7. The number of pyridine rings is 1. The molecule has 0 aliphatic carbocycles. The number of carbonyl (C=O) groups is 1. The second-order valence-electron chi connectivity index (χ2n) is 8.04. The fraction of sp³-hybridized carbons (Fsp3) is 0.455. The molecule has 3 rings (SSSR count). The van der Waals surface area contributed by atoms with Gasteiger partial charge in [0.25, 0.3) is 11.2 Å². The Hall–Kier alpha value is -3.20.